The van der Waals surface area contributed by atoms with Crippen LogP contribution >= 0.6 is 0 Å². The van der Waals surface area contributed by atoms with Crippen molar-refractivity contribution in [2.45, 2.75) is 98.3 Å². The molecule has 4 saturated carbocycles. The van der Waals surface area contributed by atoms with Gasteiger partial charge in [0.1, 0.15) is 5.78 Å². The Morgan fingerprint density at radius 1 is 1.00 bits per heavy atom. The van der Waals surface area contributed by atoms with E-state index in [1.807, 2.05) is 6.92 Å². The standard InChI is InChI=1S/C27H39NO3/c1-17(29)27-12-6-5-7-20(27)16-24-22-9-8-19-15-21(28-31-18(2)30)10-13-25(19,3)23(22)11-14-26(24,27)4/h15,20,22-24H,5-14,16H2,1-4H3/b28-21-/t20-,22+,23-,24-,25+,26+,27+/m1/s1. The van der Waals surface area contributed by atoms with E-state index in [0.29, 0.717) is 23.5 Å². The Morgan fingerprint density at radius 3 is 2.55 bits per heavy atom. The molecular formula is C27H39NO3. The molecule has 5 rings (SSSR count). The SMILES string of the molecule is CC(=O)O/N=C1\C=C2CC[C@H]3[C@@H](CC[C@@]4(C)[C@@H]3C[C@H]3CCCC[C@]34C(C)=O)[C@@]2(C)CC1. The molecule has 0 heterocycles. The fourth-order valence-corrected chi connectivity index (χ4v) is 9.56. The van der Waals surface area contributed by atoms with Gasteiger partial charge in [-0.15, -0.1) is 0 Å². The maximum atomic E-state index is 13.2. The maximum absolute atomic E-state index is 13.2. The zero-order chi connectivity index (χ0) is 22.0. The second kappa shape index (κ2) is 7.28. The Kier molecular flexibility index (Phi) is 5.03. The number of rotatable bonds is 2. The van der Waals surface area contributed by atoms with Crippen LogP contribution in [0.15, 0.2) is 16.8 Å². The molecule has 0 unspecified atom stereocenters. The zero-order valence-corrected chi connectivity index (χ0v) is 19.8. The molecule has 0 radical (unpaired) electrons. The number of nitrogens with zero attached hydrogens (tertiary/aromatic N) is 1. The molecule has 31 heavy (non-hydrogen) atoms. The lowest BCUT2D eigenvalue weighted by Gasteiger charge is -2.60. The van der Waals surface area contributed by atoms with E-state index < -0.39 is 0 Å². The van der Waals surface area contributed by atoms with Crippen LogP contribution in [-0.4, -0.2) is 17.5 Å². The second-order valence-electron chi connectivity index (χ2n) is 11.8. The molecule has 0 amide bonds. The number of fused-ring (bicyclic) bond motifs is 7. The summed E-state index contributed by atoms with van der Waals surface area (Å²) >= 11 is 0. The van der Waals surface area contributed by atoms with Crippen LogP contribution in [0.4, 0.5) is 0 Å². The zero-order valence-electron chi connectivity index (χ0n) is 19.8. The highest BCUT2D eigenvalue weighted by Crippen LogP contribution is 2.74. The van der Waals surface area contributed by atoms with Gasteiger partial charge in [-0.05, 0) is 105 Å². The van der Waals surface area contributed by atoms with Crippen LogP contribution in [0.5, 0.6) is 0 Å². The average Bonchev–Trinajstić information content (AvgIpc) is 3.02. The Balaban J connectivity index is 1.46. The average molecular weight is 426 g/mol. The van der Waals surface area contributed by atoms with Crippen LogP contribution in [-0.2, 0) is 14.4 Å². The first-order valence-electron chi connectivity index (χ1n) is 12.7. The largest absolute Gasteiger partial charge is 0.331 e. The number of carbonyl (C=O) groups is 2. The van der Waals surface area contributed by atoms with Gasteiger partial charge in [0.25, 0.3) is 0 Å². The molecule has 4 nitrogen and oxygen atoms in total. The summed E-state index contributed by atoms with van der Waals surface area (Å²) in [5.41, 5.74) is 2.82. The van der Waals surface area contributed by atoms with Crippen molar-refractivity contribution in [3.8, 4) is 0 Å². The summed E-state index contributed by atoms with van der Waals surface area (Å²) < 4.78 is 0. The minimum atomic E-state index is -0.350. The van der Waals surface area contributed by atoms with Gasteiger partial charge >= 0.3 is 5.97 Å². The minimum absolute atomic E-state index is 0.0473. The number of allylic oxidation sites excluding steroid dienone is 2. The van der Waals surface area contributed by atoms with Gasteiger partial charge in [0.2, 0.25) is 0 Å². The molecule has 0 aliphatic heterocycles. The smallest absolute Gasteiger partial charge is 0.318 e. The molecule has 5 aliphatic rings. The Morgan fingerprint density at radius 2 is 1.81 bits per heavy atom. The molecule has 0 bridgehead atoms. The fourth-order valence-electron chi connectivity index (χ4n) is 9.56. The Hall–Kier alpha value is -1.45. The lowest BCUT2D eigenvalue weighted by atomic mass is 9.44. The molecule has 0 aromatic rings. The van der Waals surface area contributed by atoms with Crippen molar-refractivity contribution in [3.05, 3.63) is 11.6 Å². The van der Waals surface area contributed by atoms with Crippen molar-refractivity contribution >= 4 is 17.5 Å². The third kappa shape index (κ3) is 2.88. The van der Waals surface area contributed by atoms with Crippen LogP contribution in [0.25, 0.3) is 0 Å². The highest BCUT2D eigenvalue weighted by Gasteiger charge is 2.69. The van der Waals surface area contributed by atoms with Gasteiger partial charge in [0.05, 0.1) is 5.71 Å². The fraction of sp³-hybridized carbons (Fsp3) is 0.815. The first kappa shape index (κ1) is 21.4. The summed E-state index contributed by atoms with van der Waals surface area (Å²) in [7, 11) is 0. The quantitative estimate of drug-likeness (QED) is 0.388. The van der Waals surface area contributed by atoms with E-state index in [-0.39, 0.29) is 22.2 Å². The summed E-state index contributed by atoms with van der Waals surface area (Å²) in [5.74, 6) is 2.92. The van der Waals surface area contributed by atoms with Crippen molar-refractivity contribution in [1.82, 2.24) is 0 Å². The van der Waals surface area contributed by atoms with E-state index in [9.17, 15) is 9.59 Å². The first-order valence-corrected chi connectivity index (χ1v) is 12.7. The van der Waals surface area contributed by atoms with Gasteiger partial charge in [-0.3, -0.25) is 4.79 Å². The molecule has 4 heteroatoms. The normalized spacial score (nSPS) is 47.5. The van der Waals surface area contributed by atoms with Crippen molar-refractivity contribution < 1.29 is 14.4 Å². The van der Waals surface area contributed by atoms with Gasteiger partial charge in [-0.2, -0.15) is 0 Å². The molecule has 0 N–H and O–H groups in total. The van der Waals surface area contributed by atoms with E-state index in [2.05, 4.69) is 25.1 Å². The van der Waals surface area contributed by atoms with E-state index in [4.69, 9.17) is 4.84 Å². The lowest BCUT2D eigenvalue weighted by molar-refractivity contribution is -0.147. The molecule has 0 spiro atoms. The molecule has 4 fully saturated rings. The molecule has 7 atom stereocenters. The summed E-state index contributed by atoms with van der Waals surface area (Å²) in [6.07, 6.45) is 15.3. The van der Waals surface area contributed by atoms with Crippen molar-refractivity contribution in [1.29, 1.82) is 0 Å². The molecule has 0 aromatic heterocycles. The van der Waals surface area contributed by atoms with Crippen LogP contribution in [0, 0.1) is 39.9 Å². The second-order valence-corrected chi connectivity index (χ2v) is 11.8. The van der Waals surface area contributed by atoms with E-state index in [1.165, 1.54) is 57.4 Å². The van der Waals surface area contributed by atoms with Crippen LogP contribution in [0.2, 0.25) is 0 Å². The maximum Gasteiger partial charge on any atom is 0.331 e. The Labute approximate surface area is 187 Å². The molecule has 170 valence electrons. The van der Waals surface area contributed by atoms with Crippen molar-refractivity contribution in [2.75, 3.05) is 0 Å². The van der Waals surface area contributed by atoms with Gasteiger partial charge in [0.15, 0.2) is 0 Å². The third-order valence-electron chi connectivity index (χ3n) is 10.9. The van der Waals surface area contributed by atoms with Crippen molar-refractivity contribution in [2.24, 2.45) is 45.1 Å². The predicted molar refractivity (Wildman–Crippen MR) is 121 cm³/mol. The van der Waals surface area contributed by atoms with Crippen LogP contribution in [0.1, 0.15) is 98.3 Å². The summed E-state index contributed by atoms with van der Waals surface area (Å²) in [4.78, 5) is 29.3. The number of carbonyl (C=O) groups excluding carboxylic acids is 2. The number of oxime groups is 1. The molecule has 0 aromatic carbocycles. The highest BCUT2D eigenvalue weighted by molar-refractivity contribution is 5.96. The van der Waals surface area contributed by atoms with E-state index in [0.717, 1.165) is 37.3 Å². The monoisotopic (exact) mass is 425 g/mol. The first-order chi connectivity index (χ1) is 14.7. The number of hydrogen-bond donors (Lipinski definition) is 0. The number of Topliss-reactive ketones (excluding diaryl/α,β-unsaturated/α-hetero) is 1. The predicted octanol–water partition coefficient (Wildman–Crippen LogP) is 6.24. The third-order valence-corrected chi connectivity index (χ3v) is 10.9. The van der Waals surface area contributed by atoms with Crippen LogP contribution < -0.4 is 0 Å². The minimum Gasteiger partial charge on any atom is -0.318 e. The lowest BCUT2D eigenvalue weighted by Crippen LogP contribution is -2.55. The van der Waals surface area contributed by atoms with Gasteiger partial charge < -0.3 is 4.84 Å². The topological polar surface area (TPSA) is 55.7 Å². The number of hydrogen-bond acceptors (Lipinski definition) is 4. The summed E-state index contributed by atoms with van der Waals surface area (Å²) in [6, 6.07) is 0. The van der Waals surface area contributed by atoms with Gasteiger partial charge in [-0.1, -0.05) is 37.4 Å². The summed E-state index contributed by atoms with van der Waals surface area (Å²) in [5, 5.41) is 4.10. The molecule has 5 aliphatic carbocycles. The van der Waals surface area contributed by atoms with E-state index >= 15 is 0 Å². The van der Waals surface area contributed by atoms with Gasteiger partial charge in [0, 0.05) is 12.3 Å². The summed E-state index contributed by atoms with van der Waals surface area (Å²) in [6.45, 7) is 8.32. The van der Waals surface area contributed by atoms with Crippen molar-refractivity contribution in [3.63, 3.8) is 0 Å². The van der Waals surface area contributed by atoms with Crippen LogP contribution in [0.3, 0.4) is 0 Å². The Bertz CT molecular complexity index is 859. The number of ketones is 1. The highest BCUT2D eigenvalue weighted by atomic mass is 16.7. The van der Waals surface area contributed by atoms with E-state index in [1.54, 1.807) is 0 Å². The molecular weight excluding hydrogens is 386 g/mol. The van der Waals surface area contributed by atoms with Gasteiger partial charge in [-0.25, -0.2) is 4.79 Å². The molecule has 0 saturated heterocycles.